The molecule has 7 nitrogen and oxygen atoms in total. The van der Waals surface area contributed by atoms with E-state index in [4.69, 9.17) is 4.74 Å². The average molecular weight is 605 g/mol. The second-order valence-electron chi connectivity index (χ2n) is 9.29. The molecule has 35 heavy (non-hydrogen) atoms. The van der Waals surface area contributed by atoms with Crippen molar-refractivity contribution in [3.8, 4) is 11.5 Å². The number of aromatic hydroxyl groups is 1. The van der Waals surface area contributed by atoms with Crippen molar-refractivity contribution in [1.82, 2.24) is 4.90 Å². The molecule has 0 aromatic heterocycles. The molecular weight excluding hydrogens is 582 g/mol. The Morgan fingerprint density at radius 2 is 1.83 bits per heavy atom. The molecule has 4 aliphatic rings. The van der Waals surface area contributed by atoms with Crippen molar-refractivity contribution in [3.05, 3.63) is 55.0 Å². The van der Waals surface area contributed by atoms with Crippen LogP contribution < -0.4 is 4.74 Å². The zero-order chi connectivity index (χ0) is 25.3. The first kappa shape index (κ1) is 24.2. The van der Waals surface area contributed by atoms with Gasteiger partial charge in [0, 0.05) is 33.7 Å². The van der Waals surface area contributed by atoms with Crippen LogP contribution in [0, 0.1) is 17.8 Å². The van der Waals surface area contributed by atoms with Gasteiger partial charge in [-0.15, -0.1) is 0 Å². The van der Waals surface area contributed by atoms with Crippen LogP contribution in [0.25, 0.3) is 0 Å². The molecule has 1 saturated heterocycles. The molecule has 0 saturated carbocycles. The standard InChI is InChI=1S/C26H23Br2NO6/c1-4-29-25(33)12-6-5-11-13(19(12)26(29)34)8-15-20(16(30)7-10(2)23(15)31)18(11)14-9-17(35-3)24(32)22(28)21(14)27/h5,7,9,12-13,18-19,32H,4,6,8H2,1-3H3. The Hall–Kier alpha value is -2.52. The average Bonchev–Trinajstić information content (AvgIpc) is 3.09. The smallest absolute Gasteiger partial charge is 0.233 e. The molecule has 1 N–H and O–H groups in total. The number of nitrogens with zero attached hydrogens (tertiary/aromatic N) is 1. The fraction of sp³-hybridized carbons (Fsp3) is 0.385. The summed E-state index contributed by atoms with van der Waals surface area (Å²) in [7, 11) is 1.43. The number of halogens is 2. The van der Waals surface area contributed by atoms with Gasteiger partial charge < -0.3 is 9.84 Å². The number of carbonyl (C=O) groups excluding carboxylic acids is 4. The highest BCUT2D eigenvalue weighted by Crippen LogP contribution is 2.57. The second-order valence-corrected chi connectivity index (χ2v) is 10.9. The van der Waals surface area contributed by atoms with Gasteiger partial charge in [-0.3, -0.25) is 24.1 Å². The summed E-state index contributed by atoms with van der Waals surface area (Å²) in [6, 6.07) is 1.65. The third kappa shape index (κ3) is 3.34. The predicted molar refractivity (Wildman–Crippen MR) is 134 cm³/mol. The Bertz CT molecular complexity index is 1320. The number of phenolic OH excluding ortho intramolecular Hbond substituents is 1. The molecule has 182 valence electrons. The number of methoxy groups -OCH3 is 1. The van der Waals surface area contributed by atoms with Crippen molar-refractivity contribution in [2.24, 2.45) is 17.8 Å². The van der Waals surface area contributed by atoms with Gasteiger partial charge in [-0.2, -0.15) is 0 Å². The quantitative estimate of drug-likeness (QED) is 0.312. The van der Waals surface area contributed by atoms with E-state index in [1.165, 1.54) is 18.1 Å². The van der Waals surface area contributed by atoms with Gasteiger partial charge in [0.1, 0.15) is 0 Å². The number of Topliss-reactive ketones (excluding diaryl/α,β-unsaturated/α-hetero) is 1. The van der Waals surface area contributed by atoms with Gasteiger partial charge in [0.05, 0.1) is 23.4 Å². The summed E-state index contributed by atoms with van der Waals surface area (Å²) in [6.45, 7) is 3.70. The molecule has 1 heterocycles. The molecule has 0 bridgehead atoms. The van der Waals surface area contributed by atoms with Gasteiger partial charge >= 0.3 is 0 Å². The first-order valence-corrected chi connectivity index (χ1v) is 13.0. The highest BCUT2D eigenvalue weighted by Gasteiger charge is 2.56. The van der Waals surface area contributed by atoms with Crippen LogP contribution in [0.2, 0.25) is 0 Å². The van der Waals surface area contributed by atoms with Gasteiger partial charge in [-0.1, -0.05) is 11.6 Å². The number of hydrogen-bond acceptors (Lipinski definition) is 6. The molecule has 5 rings (SSSR count). The lowest BCUT2D eigenvalue weighted by atomic mass is 9.59. The molecule has 1 aromatic carbocycles. The van der Waals surface area contributed by atoms with Crippen molar-refractivity contribution in [1.29, 1.82) is 0 Å². The summed E-state index contributed by atoms with van der Waals surface area (Å²) in [5, 5.41) is 10.5. The van der Waals surface area contributed by atoms with Crippen LogP contribution in [0.15, 0.2) is 49.5 Å². The number of ketones is 2. The minimum atomic E-state index is -0.635. The monoisotopic (exact) mass is 603 g/mol. The maximum Gasteiger partial charge on any atom is 0.233 e. The minimum absolute atomic E-state index is 0.0979. The second kappa shape index (κ2) is 8.55. The lowest BCUT2D eigenvalue weighted by Crippen LogP contribution is -2.39. The summed E-state index contributed by atoms with van der Waals surface area (Å²) < 4.78 is 6.25. The summed E-state index contributed by atoms with van der Waals surface area (Å²) in [5.74, 6) is -2.80. The zero-order valence-corrected chi connectivity index (χ0v) is 22.5. The van der Waals surface area contributed by atoms with Crippen LogP contribution in [-0.4, -0.2) is 47.0 Å². The first-order valence-electron chi connectivity index (χ1n) is 11.4. The van der Waals surface area contributed by atoms with E-state index in [2.05, 4.69) is 31.9 Å². The van der Waals surface area contributed by atoms with E-state index < -0.39 is 23.7 Å². The number of imide groups is 1. The predicted octanol–water partition coefficient (Wildman–Crippen LogP) is 4.38. The van der Waals surface area contributed by atoms with Crippen LogP contribution in [0.5, 0.6) is 11.5 Å². The Morgan fingerprint density at radius 3 is 2.49 bits per heavy atom. The third-order valence-corrected chi connectivity index (χ3v) is 9.83. The first-order chi connectivity index (χ1) is 16.6. The van der Waals surface area contributed by atoms with Crippen molar-refractivity contribution >= 4 is 55.2 Å². The molecular formula is C26H23Br2NO6. The summed E-state index contributed by atoms with van der Waals surface area (Å²) >= 11 is 6.95. The fourth-order valence-electron chi connectivity index (χ4n) is 6.09. The number of allylic oxidation sites excluding steroid dienone is 6. The number of benzene rings is 1. The SMILES string of the molecule is CCN1C(=O)C2CC=C3C(c4cc(OC)c(O)c(Br)c4Br)C4=C(CC3C2C1=O)C(=O)C(C)=CC4=O. The van der Waals surface area contributed by atoms with Gasteiger partial charge in [0.2, 0.25) is 11.8 Å². The van der Waals surface area contributed by atoms with Gasteiger partial charge in [-0.05, 0) is 82.2 Å². The van der Waals surface area contributed by atoms with Gasteiger partial charge in [0.15, 0.2) is 23.1 Å². The number of phenols is 1. The minimum Gasteiger partial charge on any atom is -0.503 e. The molecule has 3 aliphatic carbocycles. The molecule has 1 fully saturated rings. The van der Waals surface area contributed by atoms with E-state index in [1.54, 1.807) is 19.9 Å². The normalized spacial score (nSPS) is 28.0. The lowest BCUT2D eigenvalue weighted by molar-refractivity contribution is -0.139. The molecule has 4 atom stereocenters. The van der Waals surface area contributed by atoms with E-state index in [9.17, 15) is 24.3 Å². The van der Waals surface area contributed by atoms with E-state index in [-0.39, 0.29) is 41.3 Å². The Labute approximate surface area is 219 Å². The largest absolute Gasteiger partial charge is 0.503 e. The zero-order valence-electron chi connectivity index (χ0n) is 19.4. The molecule has 1 aromatic rings. The molecule has 0 spiro atoms. The highest BCUT2D eigenvalue weighted by atomic mass is 79.9. The molecule has 1 aliphatic heterocycles. The fourth-order valence-corrected chi connectivity index (χ4v) is 7.05. The molecule has 2 amide bonds. The maximum atomic E-state index is 13.4. The van der Waals surface area contributed by atoms with E-state index in [0.717, 1.165) is 5.57 Å². The van der Waals surface area contributed by atoms with Crippen molar-refractivity contribution in [2.45, 2.75) is 32.6 Å². The summed E-state index contributed by atoms with van der Waals surface area (Å²) in [5.41, 5.74) is 2.61. The van der Waals surface area contributed by atoms with Gasteiger partial charge in [0.25, 0.3) is 0 Å². The summed E-state index contributed by atoms with van der Waals surface area (Å²) in [6.07, 6.45) is 3.96. The van der Waals surface area contributed by atoms with E-state index in [0.29, 0.717) is 44.2 Å². The number of ether oxygens (including phenoxy) is 1. The number of rotatable bonds is 3. The van der Waals surface area contributed by atoms with Crippen molar-refractivity contribution in [3.63, 3.8) is 0 Å². The van der Waals surface area contributed by atoms with Gasteiger partial charge in [-0.25, -0.2) is 0 Å². The summed E-state index contributed by atoms with van der Waals surface area (Å²) in [4.78, 5) is 54.3. The number of fused-ring (bicyclic) bond motifs is 3. The molecule has 4 unspecified atom stereocenters. The molecule has 0 radical (unpaired) electrons. The topological polar surface area (TPSA) is 101 Å². The van der Waals surface area contributed by atoms with Crippen LogP contribution in [0.3, 0.4) is 0 Å². The van der Waals surface area contributed by atoms with Crippen LogP contribution >= 0.6 is 31.9 Å². The number of carbonyl (C=O) groups is 4. The van der Waals surface area contributed by atoms with Crippen molar-refractivity contribution in [2.75, 3.05) is 13.7 Å². The van der Waals surface area contributed by atoms with E-state index in [1.807, 2.05) is 6.08 Å². The third-order valence-electron chi connectivity index (χ3n) is 7.67. The van der Waals surface area contributed by atoms with Crippen LogP contribution in [0.4, 0.5) is 0 Å². The molecule has 9 heteroatoms. The highest BCUT2D eigenvalue weighted by molar-refractivity contribution is 9.13. The Kier molecular flexibility index (Phi) is 5.91. The number of likely N-dealkylation sites (tertiary alicyclic amines) is 1. The number of amides is 2. The lowest BCUT2D eigenvalue weighted by Gasteiger charge is -2.42. The Balaban J connectivity index is 1.76. The van der Waals surface area contributed by atoms with E-state index >= 15 is 0 Å². The maximum absolute atomic E-state index is 13.4. The van der Waals surface area contributed by atoms with Crippen molar-refractivity contribution < 1.29 is 29.0 Å². The Morgan fingerprint density at radius 1 is 1.11 bits per heavy atom. The number of hydrogen-bond donors (Lipinski definition) is 1. The van der Waals surface area contributed by atoms with Crippen LogP contribution in [0.1, 0.15) is 38.2 Å². The van der Waals surface area contributed by atoms with Crippen LogP contribution in [-0.2, 0) is 19.2 Å².